The molecule has 0 aliphatic carbocycles. The van der Waals surface area contributed by atoms with E-state index in [1.807, 2.05) is 0 Å². The summed E-state index contributed by atoms with van der Waals surface area (Å²) in [6.07, 6.45) is 0. The van der Waals surface area contributed by atoms with Crippen LogP contribution in [0, 0.1) is 0 Å². The second-order valence-corrected chi connectivity index (χ2v) is 5.31. The lowest BCUT2D eigenvalue weighted by Crippen LogP contribution is -2.40. The van der Waals surface area contributed by atoms with E-state index in [1.165, 1.54) is 0 Å². The Labute approximate surface area is 130 Å². The topological polar surface area (TPSA) is 88.1 Å². The van der Waals surface area contributed by atoms with E-state index in [4.69, 9.17) is 18.9 Å². The summed E-state index contributed by atoms with van der Waals surface area (Å²) in [7, 11) is 0. The monoisotopic (exact) mass is 364 g/mol. The minimum absolute atomic E-state index is 0.0876. The number of carbonyl (C=O) groups excluding carboxylic acids is 3. The normalized spacial score (nSPS) is 20.8. The molecule has 8 heteroatoms. The second-order valence-electron chi connectivity index (χ2n) is 3.96. The Bertz CT molecular complexity index is 471. The molecule has 7 nitrogen and oxygen atoms in total. The van der Waals surface area contributed by atoms with Crippen LogP contribution in [-0.4, -0.2) is 48.7 Å². The Morgan fingerprint density at radius 3 is 2.10 bits per heavy atom. The first-order valence-corrected chi connectivity index (χ1v) is 7.29. The molecule has 21 heavy (non-hydrogen) atoms. The molecule has 0 saturated carbocycles. The van der Waals surface area contributed by atoms with Crippen molar-refractivity contribution in [1.82, 2.24) is 0 Å². The maximum atomic E-state index is 12.1. The molecule has 118 valence electrons. The molecule has 0 aromatic heterocycles. The number of carbonyl (C=O) groups is 3. The van der Waals surface area contributed by atoms with Gasteiger partial charge in [0, 0.05) is 0 Å². The highest BCUT2D eigenvalue weighted by atomic mass is 79.9. The van der Waals surface area contributed by atoms with Gasteiger partial charge in [0.25, 0.3) is 0 Å². The summed E-state index contributed by atoms with van der Waals surface area (Å²) in [6.45, 7) is 4.92. The number of halogens is 1. The average molecular weight is 365 g/mol. The summed E-state index contributed by atoms with van der Waals surface area (Å²) in [4.78, 5) is 36.0. The fraction of sp³-hybridized carbons (Fsp3) is 0.615. The van der Waals surface area contributed by atoms with Gasteiger partial charge >= 0.3 is 17.9 Å². The van der Waals surface area contributed by atoms with Crippen molar-refractivity contribution in [3.63, 3.8) is 0 Å². The van der Waals surface area contributed by atoms with E-state index in [2.05, 4.69) is 15.9 Å². The summed E-state index contributed by atoms with van der Waals surface area (Å²) < 4.78 is 18.2. The van der Waals surface area contributed by atoms with Crippen molar-refractivity contribution >= 4 is 33.8 Å². The summed E-state index contributed by atoms with van der Waals surface area (Å²) in [5.41, 5.74) is -0.235. The van der Waals surface area contributed by atoms with E-state index < -0.39 is 22.2 Å². The second kappa shape index (κ2) is 7.44. The van der Waals surface area contributed by atoms with Crippen LogP contribution in [0.1, 0.15) is 20.8 Å². The quantitative estimate of drug-likeness (QED) is 0.396. The van der Waals surface area contributed by atoms with Gasteiger partial charge in [-0.2, -0.15) is 0 Å². The van der Waals surface area contributed by atoms with Gasteiger partial charge in [-0.15, -0.1) is 0 Å². The van der Waals surface area contributed by atoms with Crippen molar-refractivity contribution in [1.29, 1.82) is 0 Å². The zero-order valence-electron chi connectivity index (χ0n) is 12.1. The fourth-order valence-electron chi connectivity index (χ4n) is 1.72. The van der Waals surface area contributed by atoms with E-state index in [0.29, 0.717) is 0 Å². The smallest absolute Gasteiger partial charge is 0.374 e. The number of hydrogen-bond donors (Lipinski definition) is 0. The molecule has 1 aliphatic heterocycles. The molecule has 1 unspecified atom stereocenters. The minimum Gasteiger partial charge on any atom is -0.484 e. The minimum atomic E-state index is -1.57. The summed E-state index contributed by atoms with van der Waals surface area (Å²) in [5.74, 6) is -2.72. The molecular formula is C13H17BrO7. The van der Waals surface area contributed by atoms with Crippen LogP contribution in [0.15, 0.2) is 11.3 Å². The molecule has 0 amide bonds. The maximum Gasteiger partial charge on any atom is 0.374 e. The molecule has 0 radical (unpaired) electrons. The Balaban J connectivity index is 3.25. The van der Waals surface area contributed by atoms with Crippen LogP contribution in [0.3, 0.4) is 0 Å². The van der Waals surface area contributed by atoms with Crippen molar-refractivity contribution in [3.8, 4) is 0 Å². The van der Waals surface area contributed by atoms with Crippen molar-refractivity contribution < 1.29 is 33.3 Å². The first-order valence-electron chi connectivity index (χ1n) is 6.50. The molecule has 1 atom stereocenters. The van der Waals surface area contributed by atoms with E-state index >= 15 is 0 Å². The molecule has 0 aromatic carbocycles. The molecule has 0 fully saturated rings. The standard InChI is InChI=1S/C13H17BrO7/c1-4-18-10(15)8-9(11(16)19-5-2)21-7-13(8,14)12(17)20-6-3/h4-7H2,1-3H3. The number of alkyl halides is 1. The lowest BCUT2D eigenvalue weighted by Gasteiger charge is -2.19. The number of esters is 3. The first-order chi connectivity index (χ1) is 9.92. The fourth-order valence-corrected chi connectivity index (χ4v) is 2.29. The van der Waals surface area contributed by atoms with Gasteiger partial charge in [0.2, 0.25) is 5.76 Å². The molecule has 1 aliphatic rings. The van der Waals surface area contributed by atoms with Crippen LogP contribution in [0.2, 0.25) is 0 Å². The number of hydrogen-bond acceptors (Lipinski definition) is 7. The van der Waals surface area contributed by atoms with E-state index in [1.54, 1.807) is 20.8 Å². The van der Waals surface area contributed by atoms with Crippen molar-refractivity contribution in [2.24, 2.45) is 0 Å². The number of ether oxygens (including phenoxy) is 4. The van der Waals surface area contributed by atoms with Gasteiger partial charge in [0.15, 0.2) is 4.32 Å². The largest absolute Gasteiger partial charge is 0.484 e. The van der Waals surface area contributed by atoms with Crippen LogP contribution in [0.5, 0.6) is 0 Å². The Hall–Kier alpha value is -1.57. The summed E-state index contributed by atoms with van der Waals surface area (Å²) in [5, 5.41) is 0. The molecular weight excluding hydrogens is 348 g/mol. The van der Waals surface area contributed by atoms with Crippen molar-refractivity contribution in [2.75, 3.05) is 26.4 Å². The van der Waals surface area contributed by atoms with Gasteiger partial charge < -0.3 is 18.9 Å². The molecule has 0 spiro atoms. The van der Waals surface area contributed by atoms with Gasteiger partial charge in [-0.25, -0.2) is 9.59 Å². The van der Waals surface area contributed by atoms with Gasteiger partial charge in [-0.3, -0.25) is 4.79 Å². The predicted molar refractivity (Wildman–Crippen MR) is 74.5 cm³/mol. The summed E-state index contributed by atoms with van der Waals surface area (Å²) >= 11 is 3.14. The van der Waals surface area contributed by atoms with Crippen LogP contribution >= 0.6 is 15.9 Å². The SMILES string of the molecule is CCOC(=O)C1=C(C(=O)OCC)C(Br)(C(=O)OCC)CO1. The van der Waals surface area contributed by atoms with Gasteiger partial charge in [0.05, 0.1) is 19.8 Å². The Morgan fingerprint density at radius 1 is 1.05 bits per heavy atom. The maximum absolute atomic E-state index is 12.1. The average Bonchev–Trinajstić information content (AvgIpc) is 2.79. The third-order valence-electron chi connectivity index (χ3n) is 2.58. The number of rotatable bonds is 6. The lowest BCUT2D eigenvalue weighted by atomic mass is 10.0. The summed E-state index contributed by atoms with van der Waals surface area (Å²) in [6, 6.07) is 0. The highest BCUT2D eigenvalue weighted by Crippen LogP contribution is 2.39. The van der Waals surface area contributed by atoms with Gasteiger partial charge in [0.1, 0.15) is 12.2 Å². The molecule has 0 bridgehead atoms. The van der Waals surface area contributed by atoms with Crippen molar-refractivity contribution in [3.05, 3.63) is 11.3 Å². The molecule has 0 aromatic rings. The first kappa shape index (κ1) is 17.5. The molecule has 0 saturated heterocycles. The van der Waals surface area contributed by atoms with Crippen LogP contribution in [0.25, 0.3) is 0 Å². The van der Waals surface area contributed by atoms with Crippen LogP contribution in [-0.2, 0) is 33.3 Å². The third kappa shape index (κ3) is 3.55. The highest BCUT2D eigenvalue weighted by Gasteiger charge is 2.54. The zero-order chi connectivity index (χ0) is 16.0. The molecule has 1 rings (SSSR count). The van der Waals surface area contributed by atoms with Gasteiger partial charge in [-0.1, -0.05) is 15.9 Å². The van der Waals surface area contributed by atoms with E-state index in [0.717, 1.165) is 0 Å². The molecule has 0 N–H and O–H groups in total. The van der Waals surface area contributed by atoms with Crippen LogP contribution < -0.4 is 0 Å². The molecule has 1 heterocycles. The van der Waals surface area contributed by atoms with Gasteiger partial charge in [-0.05, 0) is 20.8 Å². The Kier molecular flexibility index (Phi) is 6.19. The zero-order valence-corrected chi connectivity index (χ0v) is 13.7. The lowest BCUT2D eigenvalue weighted by molar-refractivity contribution is -0.148. The van der Waals surface area contributed by atoms with E-state index in [-0.39, 0.29) is 37.8 Å². The van der Waals surface area contributed by atoms with Crippen LogP contribution in [0.4, 0.5) is 0 Å². The predicted octanol–water partition coefficient (Wildman–Crippen LogP) is 1.09. The third-order valence-corrected chi connectivity index (χ3v) is 3.53. The Morgan fingerprint density at radius 2 is 1.57 bits per heavy atom. The highest BCUT2D eigenvalue weighted by molar-refractivity contribution is 9.10. The van der Waals surface area contributed by atoms with Crippen molar-refractivity contribution in [2.45, 2.75) is 25.1 Å². The van der Waals surface area contributed by atoms with E-state index in [9.17, 15) is 14.4 Å².